The van der Waals surface area contributed by atoms with Gasteiger partial charge in [-0.25, -0.2) is 6.61 Å². The second-order valence-electron chi connectivity index (χ2n) is 5.28. The zero-order valence-corrected chi connectivity index (χ0v) is 20.2. The van der Waals surface area contributed by atoms with Gasteiger partial charge in [-0.2, -0.15) is 0 Å². The van der Waals surface area contributed by atoms with Crippen molar-refractivity contribution in [1.29, 1.82) is 0 Å². The van der Waals surface area contributed by atoms with Crippen LogP contribution < -0.4 is 73.6 Å². The molecule has 3 rings (SSSR count). The largest absolute Gasteiger partial charge is 1.00 e. The minimum absolute atomic E-state index is 0. The van der Waals surface area contributed by atoms with E-state index < -0.39 is 0 Å². The summed E-state index contributed by atoms with van der Waals surface area (Å²) < 4.78 is 11.4. The van der Waals surface area contributed by atoms with Crippen LogP contribution in [0.4, 0.5) is 0 Å². The second kappa shape index (κ2) is 9.79. The van der Waals surface area contributed by atoms with Crippen molar-refractivity contribution in [2.45, 2.75) is 30.3 Å². The van der Waals surface area contributed by atoms with Crippen LogP contribution in [0.3, 0.4) is 0 Å². The fourth-order valence-electron chi connectivity index (χ4n) is 2.22. The summed E-state index contributed by atoms with van der Waals surface area (Å²) in [6.07, 6.45) is 1.08. The van der Waals surface area contributed by atoms with Crippen LogP contribution in [0.2, 0.25) is 0 Å². The standard InChI is InChI=1S/C18H19O2S.Cs/c1-14-11-18(20-12-14)21-17-9-7-16(8-10-17)19-13-15-5-3-2-4-6-15;/h2-10,12,14,18H,11,13H2,1H3;/q-1;+1/t14-,18?;/m1./s1. The van der Waals surface area contributed by atoms with Crippen molar-refractivity contribution < 1.29 is 78.4 Å². The molecule has 1 aliphatic rings. The summed E-state index contributed by atoms with van der Waals surface area (Å²) in [4.78, 5) is 1.22. The molecule has 22 heavy (non-hydrogen) atoms. The van der Waals surface area contributed by atoms with E-state index in [2.05, 4.69) is 31.2 Å². The normalized spacial score (nSPS) is 20.4. The van der Waals surface area contributed by atoms with E-state index in [1.165, 1.54) is 10.5 Å². The summed E-state index contributed by atoms with van der Waals surface area (Å²) in [7, 11) is 0. The molecule has 4 heteroatoms. The van der Waals surface area contributed by atoms with Crippen molar-refractivity contribution in [1.82, 2.24) is 0 Å². The van der Waals surface area contributed by atoms with Crippen molar-refractivity contribution in [2.24, 2.45) is 5.92 Å². The second-order valence-corrected chi connectivity index (χ2v) is 6.51. The quantitative estimate of drug-likeness (QED) is 0.673. The van der Waals surface area contributed by atoms with Crippen molar-refractivity contribution in [3.63, 3.8) is 0 Å². The number of hydrogen-bond donors (Lipinski definition) is 0. The van der Waals surface area contributed by atoms with Crippen LogP contribution in [0.25, 0.3) is 0 Å². The SMILES string of the molecule is C[C@H]1[CH-]OC(Sc2ccc(OCc3ccccc3)cc2)C1.[Cs+]. The van der Waals surface area contributed by atoms with Crippen LogP contribution in [-0.4, -0.2) is 5.44 Å². The summed E-state index contributed by atoms with van der Waals surface area (Å²) in [6.45, 7) is 4.72. The van der Waals surface area contributed by atoms with Gasteiger partial charge in [0, 0.05) is 4.90 Å². The van der Waals surface area contributed by atoms with E-state index in [1.54, 1.807) is 11.8 Å². The maximum Gasteiger partial charge on any atom is 1.00 e. The topological polar surface area (TPSA) is 18.5 Å². The van der Waals surface area contributed by atoms with E-state index in [-0.39, 0.29) is 74.3 Å². The molecular formula is C18H19CsO2S. The minimum atomic E-state index is 0. The minimum Gasteiger partial charge on any atom is -0.542 e. The van der Waals surface area contributed by atoms with Gasteiger partial charge in [-0.3, -0.25) is 0 Å². The van der Waals surface area contributed by atoms with Crippen LogP contribution in [-0.2, 0) is 11.3 Å². The molecule has 2 aromatic rings. The Labute approximate surface area is 195 Å². The first-order valence-electron chi connectivity index (χ1n) is 7.22. The number of benzene rings is 2. The smallest absolute Gasteiger partial charge is 0.542 e. The van der Waals surface area contributed by atoms with E-state index >= 15 is 0 Å². The molecule has 0 spiro atoms. The molecule has 0 N–H and O–H groups in total. The third-order valence-corrected chi connectivity index (χ3v) is 4.48. The average molecular weight is 432 g/mol. The van der Waals surface area contributed by atoms with Gasteiger partial charge in [0.1, 0.15) is 12.4 Å². The van der Waals surface area contributed by atoms with Crippen LogP contribution >= 0.6 is 11.8 Å². The molecule has 1 heterocycles. The fourth-order valence-corrected chi connectivity index (χ4v) is 3.34. The molecule has 0 bridgehead atoms. The molecule has 2 aromatic carbocycles. The third-order valence-electron chi connectivity index (χ3n) is 3.37. The van der Waals surface area contributed by atoms with Gasteiger partial charge in [0.05, 0.1) is 5.44 Å². The summed E-state index contributed by atoms with van der Waals surface area (Å²) in [6, 6.07) is 18.4. The molecule has 2 nitrogen and oxygen atoms in total. The Bertz CT molecular complexity index is 559. The van der Waals surface area contributed by atoms with E-state index in [1.807, 2.05) is 36.9 Å². The van der Waals surface area contributed by atoms with Gasteiger partial charge >= 0.3 is 68.9 Å². The number of ether oxygens (including phenoxy) is 2. The Morgan fingerprint density at radius 3 is 2.50 bits per heavy atom. The van der Waals surface area contributed by atoms with Gasteiger partial charge < -0.3 is 9.47 Å². The Morgan fingerprint density at radius 2 is 1.86 bits per heavy atom. The first-order chi connectivity index (χ1) is 10.3. The summed E-state index contributed by atoms with van der Waals surface area (Å²) in [5.41, 5.74) is 1.43. The van der Waals surface area contributed by atoms with Crippen LogP contribution in [0.1, 0.15) is 18.9 Å². The Kier molecular flexibility index (Phi) is 8.43. The maximum absolute atomic E-state index is 5.79. The van der Waals surface area contributed by atoms with Gasteiger partial charge in [-0.1, -0.05) is 49.0 Å². The van der Waals surface area contributed by atoms with Gasteiger partial charge in [-0.05, 0) is 36.2 Å². The molecule has 0 aliphatic carbocycles. The molecule has 0 saturated carbocycles. The van der Waals surface area contributed by atoms with Crippen molar-refractivity contribution in [3.05, 3.63) is 66.8 Å². The molecule has 1 aliphatic heterocycles. The molecule has 0 aromatic heterocycles. The molecule has 110 valence electrons. The summed E-state index contributed by atoms with van der Waals surface area (Å²) in [5, 5.41) is 0. The van der Waals surface area contributed by atoms with E-state index in [0.717, 1.165) is 12.2 Å². The number of hydrogen-bond acceptors (Lipinski definition) is 3. The number of thioether (sulfide) groups is 1. The molecule has 2 atom stereocenters. The fraction of sp³-hybridized carbons (Fsp3) is 0.278. The van der Waals surface area contributed by atoms with Gasteiger partial charge in [0.25, 0.3) is 0 Å². The Balaban J connectivity index is 0.00000176. The van der Waals surface area contributed by atoms with E-state index in [9.17, 15) is 0 Å². The monoisotopic (exact) mass is 432 g/mol. The molecular weight excluding hydrogens is 413 g/mol. The molecule has 1 saturated heterocycles. The Hall–Kier alpha value is 0.602. The van der Waals surface area contributed by atoms with Crippen LogP contribution in [0.5, 0.6) is 5.75 Å². The summed E-state index contributed by atoms with van der Waals surface area (Å²) >= 11 is 1.77. The van der Waals surface area contributed by atoms with Crippen LogP contribution in [0.15, 0.2) is 59.5 Å². The van der Waals surface area contributed by atoms with Crippen molar-refractivity contribution >= 4 is 11.8 Å². The van der Waals surface area contributed by atoms with Crippen molar-refractivity contribution in [3.8, 4) is 5.75 Å². The van der Waals surface area contributed by atoms with E-state index in [0.29, 0.717) is 12.5 Å². The summed E-state index contributed by atoms with van der Waals surface area (Å²) in [5.74, 6) is 1.45. The third kappa shape index (κ3) is 5.91. The van der Waals surface area contributed by atoms with Gasteiger partial charge in [0.2, 0.25) is 0 Å². The first-order valence-corrected chi connectivity index (χ1v) is 8.10. The average Bonchev–Trinajstić information content (AvgIpc) is 2.93. The predicted octanol–water partition coefficient (Wildman–Crippen LogP) is 1.91. The Morgan fingerprint density at radius 1 is 1.14 bits per heavy atom. The molecule has 0 amide bonds. The van der Waals surface area contributed by atoms with Gasteiger partial charge in [-0.15, -0.1) is 5.92 Å². The van der Waals surface area contributed by atoms with E-state index in [4.69, 9.17) is 9.47 Å². The van der Waals surface area contributed by atoms with Crippen LogP contribution in [0, 0.1) is 12.5 Å². The van der Waals surface area contributed by atoms with Crippen molar-refractivity contribution in [2.75, 3.05) is 0 Å². The molecule has 1 unspecified atom stereocenters. The molecule has 1 fully saturated rings. The predicted molar refractivity (Wildman–Crippen MR) is 86.0 cm³/mol. The number of rotatable bonds is 5. The zero-order chi connectivity index (χ0) is 14.5. The molecule has 0 radical (unpaired) electrons. The van der Waals surface area contributed by atoms with Gasteiger partial charge in [0.15, 0.2) is 0 Å². The maximum atomic E-state index is 5.79. The zero-order valence-electron chi connectivity index (χ0n) is 13.1. The first kappa shape index (κ1) is 18.9.